The van der Waals surface area contributed by atoms with Gasteiger partial charge in [0.2, 0.25) is 5.91 Å². The third-order valence-electron chi connectivity index (χ3n) is 4.84. The molecule has 5 heteroatoms. The Balaban J connectivity index is 1.95. The fourth-order valence-electron chi connectivity index (χ4n) is 2.87. The zero-order chi connectivity index (χ0) is 16.3. The van der Waals surface area contributed by atoms with Crippen molar-refractivity contribution in [2.24, 2.45) is 11.3 Å². The van der Waals surface area contributed by atoms with Gasteiger partial charge in [0, 0.05) is 17.5 Å². The van der Waals surface area contributed by atoms with Gasteiger partial charge in [0.1, 0.15) is 0 Å². The van der Waals surface area contributed by atoms with Crippen LogP contribution in [0.4, 0.5) is 0 Å². The summed E-state index contributed by atoms with van der Waals surface area (Å²) in [5.41, 5.74) is 0.129. The number of rotatable bonds is 7. The molecule has 22 heavy (non-hydrogen) atoms. The predicted molar refractivity (Wildman–Crippen MR) is 86.0 cm³/mol. The molecule has 1 aliphatic carbocycles. The molecular formula is C17H22ClNO3. The first-order valence-corrected chi connectivity index (χ1v) is 8.08. The molecule has 0 aromatic heterocycles. The fourth-order valence-corrected chi connectivity index (χ4v) is 3.15. The number of halogens is 1. The second-order valence-electron chi connectivity index (χ2n) is 5.98. The van der Waals surface area contributed by atoms with Gasteiger partial charge in [0.15, 0.2) is 0 Å². The predicted octanol–water partition coefficient (Wildman–Crippen LogP) is 3.45. The number of carboxylic acids is 1. The Morgan fingerprint density at radius 3 is 2.50 bits per heavy atom. The van der Waals surface area contributed by atoms with E-state index in [0.717, 1.165) is 12.0 Å². The first-order valence-electron chi connectivity index (χ1n) is 7.70. The zero-order valence-electron chi connectivity index (χ0n) is 12.9. The van der Waals surface area contributed by atoms with Crippen LogP contribution in [0.5, 0.6) is 0 Å². The van der Waals surface area contributed by atoms with Gasteiger partial charge in [-0.25, -0.2) is 0 Å². The number of carbonyl (C=O) groups is 2. The average molecular weight is 324 g/mol. The second-order valence-corrected chi connectivity index (χ2v) is 6.39. The van der Waals surface area contributed by atoms with Gasteiger partial charge in [0.05, 0.1) is 5.41 Å². The summed E-state index contributed by atoms with van der Waals surface area (Å²) in [7, 11) is 0. The second kappa shape index (κ2) is 6.69. The average Bonchev–Trinajstić information content (AvgIpc) is 3.29. The van der Waals surface area contributed by atoms with E-state index in [1.54, 1.807) is 0 Å². The van der Waals surface area contributed by atoms with Crippen molar-refractivity contribution in [3.05, 3.63) is 34.9 Å². The number of benzene rings is 1. The van der Waals surface area contributed by atoms with Crippen LogP contribution in [-0.2, 0) is 9.59 Å². The minimum absolute atomic E-state index is 0.0718. The van der Waals surface area contributed by atoms with Crippen LogP contribution in [0.15, 0.2) is 24.3 Å². The van der Waals surface area contributed by atoms with E-state index in [2.05, 4.69) is 5.32 Å². The molecule has 0 radical (unpaired) electrons. The van der Waals surface area contributed by atoms with Crippen LogP contribution in [-0.4, -0.2) is 23.5 Å². The molecule has 2 atom stereocenters. The van der Waals surface area contributed by atoms with Crippen molar-refractivity contribution in [1.29, 1.82) is 0 Å². The molecule has 1 aromatic rings. The van der Waals surface area contributed by atoms with Crippen LogP contribution >= 0.6 is 11.6 Å². The van der Waals surface area contributed by atoms with Crippen molar-refractivity contribution in [3.63, 3.8) is 0 Å². The molecule has 2 rings (SSSR count). The van der Waals surface area contributed by atoms with E-state index in [1.807, 2.05) is 38.1 Å². The van der Waals surface area contributed by atoms with Crippen LogP contribution in [0.25, 0.3) is 0 Å². The third kappa shape index (κ3) is 3.27. The number of carbonyl (C=O) groups excluding carboxylic acids is 1. The van der Waals surface area contributed by atoms with E-state index in [9.17, 15) is 14.7 Å². The summed E-state index contributed by atoms with van der Waals surface area (Å²) in [6, 6.07) is 7.55. The van der Waals surface area contributed by atoms with Crippen LogP contribution in [0.1, 0.15) is 44.6 Å². The van der Waals surface area contributed by atoms with Gasteiger partial charge >= 0.3 is 5.97 Å². The first-order chi connectivity index (χ1) is 10.4. The maximum atomic E-state index is 12.3. The van der Waals surface area contributed by atoms with Crippen molar-refractivity contribution in [1.82, 2.24) is 5.32 Å². The lowest BCUT2D eigenvalue weighted by atomic mass is 9.82. The van der Waals surface area contributed by atoms with E-state index in [0.29, 0.717) is 17.9 Å². The quantitative estimate of drug-likeness (QED) is 0.807. The van der Waals surface area contributed by atoms with E-state index in [4.69, 9.17) is 11.6 Å². The highest BCUT2D eigenvalue weighted by molar-refractivity contribution is 6.31. The molecule has 0 bridgehead atoms. The summed E-state index contributed by atoms with van der Waals surface area (Å²) < 4.78 is 0. The molecular weight excluding hydrogens is 302 g/mol. The molecule has 4 nitrogen and oxygen atoms in total. The summed E-state index contributed by atoms with van der Waals surface area (Å²) in [6.07, 6.45) is 1.77. The Hall–Kier alpha value is -1.55. The number of amides is 1. The zero-order valence-corrected chi connectivity index (χ0v) is 13.7. The normalized spacial score (nSPS) is 20.5. The molecule has 1 amide bonds. The van der Waals surface area contributed by atoms with Crippen molar-refractivity contribution in [2.45, 2.75) is 39.0 Å². The van der Waals surface area contributed by atoms with Crippen molar-refractivity contribution < 1.29 is 14.7 Å². The topological polar surface area (TPSA) is 66.4 Å². The highest BCUT2D eigenvalue weighted by Gasteiger charge is 2.45. The van der Waals surface area contributed by atoms with Gasteiger partial charge in [-0.05, 0) is 36.8 Å². The van der Waals surface area contributed by atoms with Crippen molar-refractivity contribution in [3.8, 4) is 0 Å². The molecule has 0 heterocycles. The molecule has 0 spiro atoms. The monoisotopic (exact) mass is 323 g/mol. The van der Waals surface area contributed by atoms with Crippen LogP contribution in [0.3, 0.4) is 0 Å². The summed E-state index contributed by atoms with van der Waals surface area (Å²) >= 11 is 6.16. The SMILES string of the molecule is CCC(CC)(CNC(=O)C1CC1c1ccccc1Cl)C(=O)O. The Morgan fingerprint density at radius 2 is 1.95 bits per heavy atom. The lowest BCUT2D eigenvalue weighted by Gasteiger charge is -2.26. The minimum Gasteiger partial charge on any atom is -0.481 e. The van der Waals surface area contributed by atoms with Gasteiger partial charge < -0.3 is 10.4 Å². The Kier molecular flexibility index (Phi) is 5.12. The summed E-state index contributed by atoms with van der Waals surface area (Å²) in [6.45, 7) is 3.86. The van der Waals surface area contributed by atoms with Gasteiger partial charge in [-0.2, -0.15) is 0 Å². The van der Waals surface area contributed by atoms with Crippen LogP contribution < -0.4 is 5.32 Å². The van der Waals surface area contributed by atoms with Crippen LogP contribution in [0.2, 0.25) is 5.02 Å². The molecule has 1 aliphatic rings. The smallest absolute Gasteiger partial charge is 0.311 e. The number of hydrogen-bond donors (Lipinski definition) is 2. The van der Waals surface area contributed by atoms with Gasteiger partial charge in [-0.15, -0.1) is 0 Å². The summed E-state index contributed by atoms with van der Waals surface area (Å²) in [4.78, 5) is 23.7. The Labute approximate surface area is 135 Å². The van der Waals surface area contributed by atoms with Gasteiger partial charge in [-0.1, -0.05) is 43.6 Å². The molecule has 0 aliphatic heterocycles. The van der Waals surface area contributed by atoms with E-state index >= 15 is 0 Å². The lowest BCUT2D eigenvalue weighted by Crippen LogP contribution is -2.43. The summed E-state index contributed by atoms with van der Waals surface area (Å²) in [5.74, 6) is -0.870. The highest BCUT2D eigenvalue weighted by atomic mass is 35.5. The molecule has 120 valence electrons. The van der Waals surface area contributed by atoms with E-state index in [1.165, 1.54) is 0 Å². The Morgan fingerprint density at radius 1 is 1.32 bits per heavy atom. The first kappa shape index (κ1) is 16.8. The fraction of sp³-hybridized carbons (Fsp3) is 0.529. The van der Waals surface area contributed by atoms with Gasteiger partial charge in [-0.3, -0.25) is 9.59 Å². The van der Waals surface area contributed by atoms with Crippen molar-refractivity contribution >= 4 is 23.5 Å². The maximum Gasteiger partial charge on any atom is 0.311 e. The highest BCUT2D eigenvalue weighted by Crippen LogP contribution is 2.49. The molecule has 1 saturated carbocycles. The number of hydrogen-bond acceptors (Lipinski definition) is 2. The Bertz CT molecular complexity index is 569. The molecule has 1 fully saturated rings. The standard InChI is InChI=1S/C17H22ClNO3/c1-3-17(4-2,16(21)22)10-19-15(20)13-9-12(13)11-7-5-6-8-14(11)18/h5-8,12-13H,3-4,9-10H2,1-2H3,(H,19,20)(H,21,22). The number of aliphatic carboxylic acids is 1. The van der Waals surface area contributed by atoms with Gasteiger partial charge in [0.25, 0.3) is 0 Å². The largest absolute Gasteiger partial charge is 0.481 e. The third-order valence-corrected chi connectivity index (χ3v) is 5.18. The van der Waals surface area contributed by atoms with Crippen LogP contribution in [0, 0.1) is 11.3 Å². The molecule has 2 unspecified atom stereocenters. The number of nitrogens with one attached hydrogen (secondary N) is 1. The molecule has 1 aromatic carbocycles. The van der Waals surface area contributed by atoms with E-state index in [-0.39, 0.29) is 24.3 Å². The van der Waals surface area contributed by atoms with E-state index < -0.39 is 11.4 Å². The number of carboxylic acid groups (broad SMARTS) is 1. The van der Waals surface area contributed by atoms with Crippen molar-refractivity contribution in [2.75, 3.05) is 6.54 Å². The minimum atomic E-state index is -0.871. The molecule has 2 N–H and O–H groups in total. The summed E-state index contributed by atoms with van der Waals surface area (Å²) in [5, 5.41) is 12.9. The maximum absolute atomic E-state index is 12.3. The molecule has 0 saturated heterocycles. The lowest BCUT2D eigenvalue weighted by molar-refractivity contribution is -0.149.